The van der Waals surface area contributed by atoms with E-state index >= 15 is 0 Å². The van der Waals surface area contributed by atoms with Gasteiger partial charge < -0.3 is 124 Å². The van der Waals surface area contributed by atoms with Crippen LogP contribution in [0.15, 0.2) is 22.8 Å². The molecule has 31 atom stereocenters. The lowest BCUT2D eigenvalue weighted by Gasteiger charge is -2.61. The average Bonchev–Trinajstić information content (AvgIpc) is 1.19. The third-order valence-electron chi connectivity index (χ3n) is 21.6. The van der Waals surface area contributed by atoms with Crippen molar-refractivity contribution in [3.8, 4) is 0 Å². The third kappa shape index (κ3) is 14.1. The molecule has 0 radical (unpaired) electrons. The summed E-state index contributed by atoms with van der Waals surface area (Å²) in [5.41, 5.74) is 3.39. The van der Waals surface area contributed by atoms with Crippen molar-refractivity contribution in [1.82, 2.24) is 10.6 Å². The van der Waals surface area contributed by atoms with Gasteiger partial charge in [-0.1, -0.05) is 51.3 Å². The number of rotatable bonds is 20. The van der Waals surface area contributed by atoms with Crippen molar-refractivity contribution >= 4 is 17.6 Å². The second-order valence-corrected chi connectivity index (χ2v) is 28.1. The van der Waals surface area contributed by atoms with Crippen LogP contribution in [0.2, 0.25) is 0 Å². The number of carbonyl (C=O) groups excluding carboxylic acids is 3. The van der Waals surface area contributed by atoms with Gasteiger partial charge in [0, 0.05) is 20.3 Å². The SMILES string of the molecule is CC(=O)N[C@@H]1[C@@H](O[C@H]2CO[C@@H](O[C@@H]3CC[C@@]4(C)C5=C(CC[C@H]4C3(C)C)[C@H]3CC[C@@H]([C@@H](C)CC(=O)C=C(C)C)[C@@]3(C)CC5)[C@H](O[C@H]3O[C@@H](CO[C@H]4O[C@H](CO)[C@H](O)[C@H](O)[C@H]4O[C@@H]4O[C@@H](CO)[C@H](O)[C@@H](O)[C@@H]4O)[C@H](O)[C@@H](O)[C@@H]3NC(C)=O)[C@@H]2O)O[C@@H](CO)[C@H](O)[C@H]1O. The molecule has 5 saturated heterocycles. The Morgan fingerprint density at radius 2 is 1.11 bits per heavy atom. The predicted octanol–water partition coefficient (Wildman–Crippen LogP) is -2.68. The number of ether oxygens (including phenoxy) is 10. The Bertz CT molecular complexity index is 2540. The third-order valence-corrected chi connectivity index (χ3v) is 21.6. The highest BCUT2D eigenvalue weighted by Crippen LogP contribution is 2.68. The molecule has 514 valence electrons. The fourth-order valence-electron chi connectivity index (χ4n) is 17.0. The van der Waals surface area contributed by atoms with E-state index in [1.165, 1.54) is 5.57 Å². The Morgan fingerprint density at radius 3 is 1.71 bits per heavy atom. The van der Waals surface area contributed by atoms with Crippen LogP contribution in [0.4, 0.5) is 0 Å². The summed E-state index contributed by atoms with van der Waals surface area (Å²) >= 11 is 0. The molecule has 2 amide bonds. The van der Waals surface area contributed by atoms with Gasteiger partial charge >= 0.3 is 0 Å². The summed E-state index contributed by atoms with van der Waals surface area (Å²) in [5, 5.41) is 147. The summed E-state index contributed by atoms with van der Waals surface area (Å²) in [6.45, 7) is 13.8. The van der Waals surface area contributed by atoms with Gasteiger partial charge in [0.15, 0.2) is 37.2 Å². The van der Waals surface area contributed by atoms with Gasteiger partial charge in [0.05, 0.1) is 39.1 Å². The summed E-state index contributed by atoms with van der Waals surface area (Å²) in [5.74, 6) is -0.00445. The molecule has 5 aliphatic heterocycles. The number of aliphatic hydroxyl groups excluding tert-OH is 13. The molecule has 90 heavy (non-hydrogen) atoms. The highest BCUT2D eigenvalue weighted by atomic mass is 16.8. The quantitative estimate of drug-likeness (QED) is 0.0436. The molecule has 2 saturated carbocycles. The van der Waals surface area contributed by atoms with E-state index in [0.717, 1.165) is 64.4 Å². The first-order valence-electron chi connectivity index (χ1n) is 31.9. The number of allylic oxidation sites excluding steroid dienone is 4. The van der Waals surface area contributed by atoms with Gasteiger partial charge in [-0.25, -0.2) is 0 Å². The average molecular weight is 1290 g/mol. The molecule has 28 heteroatoms. The van der Waals surface area contributed by atoms with Crippen LogP contribution >= 0.6 is 0 Å². The first-order valence-corrected chi connectivity index (χ1v) is 31.9. The monoisotopic (exact) mass is 1290 g/mol. The molecule has 9 rings (SSSR count). The summed E-state index contributed by atoms with van der Waals surface area (Å²) in [6.07, 6.45) is -29.4. The zero-order valence-corrected chi connectivity index (χ0v) is 52.8. The molecule has 0 unspecified atom stereocenters. The van der Waals surface area contributed by atoms with E-state index in [1.807, 2.05) is 13.8 Å². The maximum Gasteiger partial charge on any atom is 0.217 e. The van der Waals surface area contributed by atoms with E-state index in [4.69, 9.17) is 47.4 Å². The van der Waals surface area contributed by atoms with E-state index in [0.29, 0.717) is 24.7 Å². The summed E-state index contributed by atoms with van der Waals surface area (Å²) in [7, 11) is 0. The van der Waals surface area contributed by atoms with Gasteiger partial charge in [-0.15, -0.1) is 0 Å². The maximum atomic E-state index is 13.0. The van der Waals surface area contributed by atoms with Crippen LogP contribution in [-0.4, -0.2) is 270 Å². The zero-order chi connectivity index (χ0) is 65.8. The number of hydrogen-bond acceptors (Lipinski definition) is 26. The molecular weight excluding hydrogens is 1190 g/mol. The lowest BCUT2D eigenvalue weighted by Crippen LogP contribution is -2.68. The van der Waals surface area contributed by atoms with Crippen molar-refractivity contribution in [1.29, 1.82) is 0 Å². The van der Waals surface area contributed by atoms with Crippen molar-refractivity contribution in [2.45, 2.75) is 274 Å². The Morgan fingerprint density at radius 1 is 0.578 bits per heavy atom. The highest BCUT2D eigenvalue weighted by Gasteiger charge is 2.62. The Labute approximate surface area is 524 Å². The first-order chi connectivity index (χ1) is 42.4. The second-order valence-electron chi connectivity index (χ2n) is 28.1. The van der Waals surface area contributed by atoms with Gasteiger partial charge in [-0.2, -0.15) is 0 Å². The van der Waals surface area contributed by atoms with Gasteiger partial charge in [0.2, 0.25) is 11.8 Å². The maximum absolute atomic E-state index is 13.0. The first kappa shape index (κ1) is 71.5. The predicted molar refractivity (Wildman–Crippen MR) is 309 cm³/mol. The molecule has 0 aromatic rings. The molecule has 9 aliphatic rings. The van der Waals surface area contributed by atoms with Gasteiger partial charge in [0.25, 0.3) is 0 Å². The molecule has 0 aromatic carbocycles. The van der Waals surface area contributed by atoms with E-state index in [2.05, 4.69) is 45.3 Å². The smallest absolute Gasteiger partial charge is 0.217 e. The standard InChI is InChI=1S/C62H100N2O26/c1-25(2)18-29(70)19-26(3)31-11-12-32-30-10-13-39-60(6,7)40(15-17-62(39,9)33(30)14-16-61(31,32)8)88-59-53(47(75)38(24-82-59)87-55-41(63-27(4)68)48(76)43(71)34(20-65)83-55)89-56-42(64-28(5)69)49(77)46(74)37(86-56)23-81-58-54(51(79)45(73)36(22-67)85-58)90-57-52(80)50(78)44(72)35(21-66)84-57/h18,26,31-32,34-59,65-67,71-80H,10-17,19-24H2,1-9H3,(H,63,68)(H,64,69)/t26-,31-,32+,34-,35-,36+,37-,38-,39-,40+,41-,42-,43-,44-,45-,46-,47+,48-,49-,50+,51-,52-,53+,54+,55+,56+,57-,58-,59-,61+,62-/m0/s1. The number of aliphatic hydroxyl groups is 13. The number of ketones is 1. The molecule has 15 N–H and O–H groups in total. The molecule has 0 spiro atoms. The van der Waals surface area contributed by atoms with Crippen LogP contribution in [0.1, 0.15) is 120 Å². The molecular formula is C62H100N2O26. The van der Waals surface area contributed by atoms with Crippen LogP contribution in [0.3, 0.4) is 0 Å². The van der Waals surface area contributed by atoms with E-state index in [9.17, 15) is 80.8 Å². The van der Waals surface area contributed by atoms with E-state index < -0.39 is 204 Å². The van der Waals surface area contributed by atoms with Crippen LogP contribution in [-0.2, 0) is 61.8 Å². The lowest BCUT2D eigenvalue weighted by molar-refractivity contribution is -0.379. The van der Waals surface area contributed by atoms with E-state index in [1.54, 1.807) is 11.6 Å². The fraction of sp³-hybridized carbons (Fsp3) is 0.887. The number of nitrogens with one attached hydrogen (secondary N) is 2. The van der Waals surface area contributed by atoms with Crippen LogP contribution < -0.4 is 10.6 Å². The number of amides is 2. The molecule has 5 heterocycles. The van der Waals surface area contributed by atoms with Crippen LogP contribution in [0.25, 0.3) is 0 Å². The largest absolute Gasteiger partial charge is 0.394 e. The van der Waals surface area contributed by atoms with Gasteiger partial charge in [0.1, 0.15) is 116 Å². The minimum Gasteiger partial charge on any atom is -0.394 e. The Kier molecular flexibility index (Phi) is 22.9. The Balaban J connectivity index is 0.984. The molecule has 4 aliphatic carbocycles. The van der Waals surface area contributed by atoms with Crippen molar-refractivity contribution in [3.63, 3.8) is 0 Å². The normalized spacial score (nSPS) is 47.3. The van der Waals surface area contributed by atoms with Crippen LogP contribution in [0, 0.1) is 39.9 Å². The van der Waals surface area contributed by atoms with Gasteiger partial charge in [-0.05, 0) is 111 Å². The molecule has 7 fully saturated rings. The topological polar surface area (TPSA) is 431 Å². The van der Waals surface area contributed by atoms with Crippen molar-refractivity contribution < 1.29 is 128 Å². The Hall–Kier alpha value is -2.83. The molecule has 28 nitrogen and oxygen atoms in total. The lowest BCUT2D eigenvalue weighted by atomic mass is 9.45. The number of fused-ring (bicyclic) bond motifs is 4. The van der Waals surface area contributed by atoms with Crippen molar-refractivity contribution in [3.05, 3.63) is 22.8 Å². The van der Waals surface area contributed by atoms with Crippen LogP contribution in [0.5, 0.6) is 0 Å². The summed E-state index contributed by atoms with van der Waals surface area (Å²) < 4.78 is 61.9. The number of hydrogen-bond donors (Lipinski definition) is 15. The summed E-state index contributed by atoms with van der Waals surface area (Å²) in [4.78, 5) is 38.4. The summed E-state index contributed by atoms with van der Waals surface area (Å²) in [6, 6.07) is -3.06. The van der Waals surface area contributed by atoms with Crippen molar-refractivity contribution in [2.24, 2.45) is 39.9 Å². The minimum absolute atomic E-state index is 0.0654. The fourth-order valence-corrected chi connectivity index (χ4v) is 17.0. The minimum atomic E-state index is -1.99. The molecule has 0 bridgehead atoms. The van der Waals surface area contributed by atoms with Gasteiger partial charge in [-0.3, -0.25) is 14.4 Å². The molecule has 0 aromatic heterocycles. The zero-order valence-electron chi connectivity index (χ0n) is 52.8. The number of carbonyl (C=O) groups is 3. The van der Waals surface area contributed by atoms with Crippen molar-refractivity contribution in [2.75, 3.05) is 33.0 Å². The highest BCUT2D eigenvalue weighted by molar-refractivity contribution is 5.90. The second kappa shape index (κ2) is 28.9. The van der Waals surface area contributed by atoms with E-state index in [-0.39, 0.29) is 28.4 Å².